The smallest absolute Gasteiger partial charge is 0.0992 e. The summed E-state index contributed by atoms with van der Waals surface area (Å²) in [5.74, 6) is 0.332. The van der Waals surface area contributed by atoms with E-state index in [-0.39, 0.29) is 6.61 Å². The van der Waals surface area contributed by atoms with E-state index in [1.807, 2.05) is 6.07 Å². The Hall–Kier alpha value is -1.73. The molecule has 1 aliphatic heterocycles. The second kappa shape index (κ2) is 5.07. The first kappa shape index (κ1) is 11.7. The molecule has 1 heterocycles. The van der Waals surface area contributed by atoms with Crippen LogP contribution >= 0.6 is 0 Å². The Kier molecular flexibility index (Phi) is 3.50. The molecule has 1 unspecified atom stereocenters. The van der Waals surface area contributed by atoms with Crippen molar-refractivity contribution in [3.8, 4) is 6.07 Å². The standard InChI is InChI=1S/C13H17N3O/c14-7-10-3-4-13(12(15)6-10)16-5-1-2-11(8-16)9-17/h3-4,6,11,17H,1-2,5,8-9,15H2. The SMILES string of the molecule is N#Cc1ccc(N2CCCC(CO)C2)c(N)c1. The Morgan fingerprint density at radius 2 is 2.35 bits per heavy atom. The molecule has 2 rings (SSSR count). The Labute approximate surface area is 101 Å². The van der Waals surface area contributed by atoms with Crippen molar-refractivity contribution in [2.24, 2.45) is 5.92 Å². The summed E-state index contributed by atoms with van der Waals surface area (Å²) in [7, 11) is 0. The van der Waals surface area contributed by atoms with Crippen molar-refractivity contribution in [2.75, 3.05) is 30.3 Å². The van der Waals surface area contributed by atoms with Crippen molar-refractivity contribution >= 4 is 11.4 Å². The molecule has 4 heteroatoms. The Morgan fingerprint density at radius 1 is 1.53 bits per heavy atom. The zero-order valence-corrected chi connectivity index (χ0v) is 9.76. The maximum atomic E-state index is 9.21. The van der Waals surface area contributed by atoms with Crippen LogP contribution in [-0.4, -0.2) is 24.8 Å². The van der Waals surface area contributed by atoms with E-state index in [0.29, 0.717) is 17.2 Å². The summed E-state index contributed by atoms with van der Waals surface area (Å²) in [6.45, 7) is 2.03. The lowest BCUT2D eigenvalue weighted by molar-refractivity contribution is 0.209. The average Bonchev–Trinajstić information content (AvgIpc) is 2.38. The van der Waals surface area contributed by atoms with E-state index >= 15 is 0 Å². The number of nitriles is 1. The van der Waals surface area contributed by atoms with Crippen LogP contribution < -0.4 is 10.6 Å². The van der Waals surface area contributed by atoms with Gasteiger partial charge in [0.2, 0.25) is 0 Å². The average molecular weight is 231 g/mol. The molecule has 1 atom stereocenters. The molecule has 1 fully saturated rings. The van der Waals surface area contributed by atoms with Gasteiger partial charge in [0.05, 0.1) is 23.0 Å². The van der Waals surface area contributed by atoms with Gasteiger partial charge in [0.15, 0.2) is 0 Å². The number of aliphatic hydroxyl groups is 1. The highest BCUT2D eigenvalue weighted by atomic mass is 16.3. The van der Waals surface area contributed by atoms with Crippen molar-refractivity contribution in [1.29, 1.82) is 5.26 Å². The van der Waals surface area contributed by atoms with E-state index in [9.17, 15) is 5.11 Å². The molecule has 1 aromatic rings. The summed E-state index contributed by atoms with van der Waals surface area (Å²) >= 11 is 0. The van der Waals surface area contributed by atoms with Crippen LogP contribution in [0.2, 0.25) is 0 Å². The molecular weight excluding hydrogens is 214 g/mol. The fourth-order valence-corrected chi connectivity index (χ4v) is 2.34. The second-order valence-electron chi connectivity index (χ2n) is 4.52. The molecular formula is C13H17N3O. The second-order valence-corrected chi connectivity index (χ2v) is 4.52. The molecule has 1 saturated heterocycles. The van der Waals surface area contributed by atoms with Gasteiger partial charge in [0.1, 0.15) is 0 Å². The van der Waals surface area contributed by atoms with Crippen LogP contribution in [-0.2, 0) is 0 Å². The van der Waals surface area contributed by atoms with Crippen LogP contribution in [0.25, 0.3) is 0 Å². The number of rotatable bonds is 2. The molecule has 1 aromatic carbocycles. The van der Waals surface area contributed by atoms with Crippen LogP contribution in [0.15, 0.2) is 18.2 Å². The largest absolute Gasteiger partial charge is 0.397 e. The third kappa shape index (κ3) is 2.51. The maximum Gasteiger partial charge on any atom is 0.0992 e. The number of anilines is 2. The van der Waals surface area contributed by atoms with Crippen molar-refractivity contribution in [3.63, 3.8) is 0 Å². The molecule has 0 aliphatic carbocycles. The minimum Gasteiger partial charge on any atom is -0.397 e. The zero-order valence-electron chi connectivity index (χ0n) is 9.76. The highest BCUT2D eigenvalue weighted by Crippen LogP contribution is 2.28. The number of nitrogen functional groups attached to an aromatic ring is 1. The van der Waals surface area contributed by atoms with E-state index in [0.717, 1.165) is 31.6 Å². The predicted molar refractivity (Wildman–Crippen MR) is 67.6 cm³/mol. The minimum atomic E-state index is 0.229. The van der Waals surface area contributed by atoms with Crippen LogP contribution in [0.3, 0.4) is 0 Å². The van der Waals surface area contributed by atoms with Crippen LogP contribution in [0.4, 0.5) is 11.4 Å². The van der Waals surface area contributed by atoms with E-state index in [2.05, 4.69) is 11.0 Å². The number of hydrogen-bond donors (Lipinski definition) is 2. The number of nitrogens with two attached hydrogens (primary N) is 1. The van der Waals surface area contributed by atoms with Gasteiger partial charge in [-0.15, -0.1) is 0 Å². The third-order valence-electron chi connectivity index (χ3n) is 3.27. The maximum absolute atomic E-state index is 9.21. The van der Waals surface area contributed by atoms with Gasteiger partial charge in [-0.25, -0.2) is 0 Å². The van der Waals surface area contributed by atoms with Gasteiger partial charge in [-0.3, -0.25) is 0 Å². The van der Waals surface area contributed by atoms with Crippen molar-refractivity contribution in [1.82, 2.24) is 0 Å². The highest BCUT2D eigenvalue weighted by molar-refractivity contribution is 5.69. The quantitative estimate of drug-likeness (QED) is 0.753. The van der Waals surface area contributed by atoms with Gasteiger partial charge in [0, 0.05) is 19.7 Å². The van der Waals surface area contributed by atoms with E-state index in [1.165, 1.54) is 0 Å². The van der Waals surface area contributed by atoms with Crippen molar-refractivity contribution < 1.29 is 5.11 Å². The van der Waals surface area contributed by atoms with Gasteiger partial charge in [-0.2, -0.15) is 5.26 Å². The summed E-state index contributed by atoms with van der Waals surface area (Å²) in [6, 6.07) is 7.47. The number of hydrogen-bond acceptors (Lipinski definition) is 4. The summed E-state index contributed by atoms with van der Waals surface area (Å²) in [5.41, 5.74) is 8.16. The summed E-state index contributed by atoms with van der Waals surface area (Å²) < 4.78 is 0. The summed E-state index contributed by atoms with van der Waals surface area (Å²) in [6.07, 6.45) is 2.15. The van der Waals surface area contributed by atoms with Crippen LogP contribution in [0.1, 0.15) is 18.4 Å². The van der Waals surface area contributed by atoms with E-state index in [4.69, 9.17) is 11.0 Å². The van der Waals surface area contributed by atoms with E-state index in [1.54, 1.807) is 12.1 Å². The topological polar surface area (TPSA) is 73.3 Å². The lowest BCUT2D eigenvalue weighted by Crippen LogP contribution is -2.37. The Bertz CT molecular complexity index is 439. The first-order chi connectivity index (χ1) is 8.24. The first-order valence-corrected chi connectivity index (χ1v) is 5.90. The molecule has 0 aromatic heterocycles. The van der Waals surface area contributed by atoms with E-state index < -0.39 is 0 Å². The monoisotopic (exact) mass is 231 g/mol. The predicted octanol–water partition coefficient (Wildman–Crippen LogP) is 1.35. The lowest BCUT2D eigenvalue weighted by Gasteiger charge is -2.34. The minimum absolute atomic E-state index is 0.229. The third-order valence-corrected chi connectivity index (χ3v) is 3.27. The Morgan fingerprint density at radius 3 is 3.00 bits per heavy atom. The molecule has 0 amide bonds. The van der Waals surface area contributed by atoms with Gasteiger partial charge in [0.25, 0.3) is 0 Å². The molecule has 0 spiro atoms. The molecule has 17 heavy (non-hydrogen) atoms. The number of benzene rings is 1. The fraction of sp³-hybridized carbons (Fsp3) is 0.462. The molecule has 0 bridgehead atoms. The van der Waals surface area contributed by atoms with Gasteiger partial charge < -0.3 is 15.7 Å². The fourth-order valence-electron chi connectivity index (χ4n) is 2.34. The number of nitrogens with zero attached hydrogens (tertiary/aromatic N) is 2. The molecule has 4 nitrogen and oxygen atoms in total. The summed E-state index contributed by atoms with van der Waals surface area (Å²) in [5, 5.41) is 18.0. The molecule has 3 N–H and O–H groups in total. The molecule has 0 saturated carbocycles. The summed E-state index contributed by atoms with van der Waals surface area (Å²) in [4.78, 5) is 2.20. The van der Waals surface area contributed by atoms with Gasteiger partial charge in [-0.05, 0) is 37.0 Å². The zero-order chi connectivity index (χ0) is 12.3. The molecule has 90 valence electrons. The molecule has 1 aliphatic rings. The molecule has 0 radical (unpaired) electrons. The van der Waals surface area contributed by atoms with Gasteiger partial charge in [-0.1, -0.05) is 0 Å². The Balaban J connectivity index is 2.19. The van der Waals surface area contributed by atoms with Crippen molar-refractivity contribution in [3.05, 3.63) is 23.8 Å². The van der Waals surface area contributed by atoms with Crippen LogP contribution in [0, 0.1) is 17.2 Å². The van der Waals surface area contributed by atoms with Crippen LogP contribution in [0.5, 0.6) is 0 Å². The van der Waals surface area contributed by atoms with Crippen molar-refractivity contribution in [2.45, 2.75) is 12.8 Å². The normalized spacial score (nSPS) is 20.0. The first-order valence-electron chi connectivity index (χ1n) is 5.90. The van der Waals surface area contributed by atoms with Gasteiger partial charge >= 0.3 is 0 Å². The number of piperidine rings is 1. The highest BCUT2D eigenvalue weighted by Gasteiger charge is 2.20. The number of aliphatic hydroxyl groups excluding tert-OH is 1. The lowest BCUT2D eigenvalue weighted by atomic mass is 9.98.